The Bertz CT molecular complexity index is 1090. The van der Waals surface area contributed by atoms with Gasteiger partial charge in [-0.3, -0.25) is 9.78 Å². The third kappa shape index (κ3) is 4.46. The highest BCUT2D eigenvalue weighted by atomic mass is 32.1. The van der Waals surface area contributed by atoms with Crippen LogP contribution in [0.4, 0.5) is 5.69 Å². The molecule has 3 aromatic rings. The molecule has 2 N–H and O–H groups in total. The molecule has 0 unspecified atom stereocenters. The van der Waals surface area contributed by atoms with Gasteiger partial charge >= 0.3 is 0 Å². The molecule has 4 rings (SSSR count). The van der Waals surface area contributed by atoms with Crippen LogP contribution in [0.2, 0.25) is 0 Å². The van der Waals surface area contributed by atoms with Crippen molar-refractivity contribution in [1.29, 1.82) is 0 Å². The number of benzene rings is 1. The van der Waals surface area contributed by atoms with E-state index >= 15 is 0 Å². The largest absolute Gasteiger partial charge is 0.353 e. The predicted octanol–water partition coefficient (Wildman–Crippen LogP) is 4.04. The minimum Gasteiger partial charge on any atom is -0.353 e. The third-order valence-corrected chi connectivity index (χ3v) is 6.08. The lowest BCUT2D eigenvalue weighted by atomic mass is 10.0. The summed E-state index contributed by atoms with van der Waals surface area (Å²) in [5, 5.41) is 7.11. The zero-order valence-corrected chi connectivity index (χ0v) is 18.8. The van der Waals surface area contributed by atoms with Gasteiger partial charge in [-0.1, -0.05) is 18.2 Å². The molecule has 1 aromatic carbocycles. The second kappa shape index (κ2) is 8.89. The molecule has 0 saturated carbocycles. The Kier molecular flexibility index (Phi) is 6.04. The molecule has 3 heterocycles. The van der Waals surface area contributed by atoms with Gasteiger partial charge in [0.1, 0.15) is 0 Å². The third-order valence-electron chi connectivity index (χ3n) is 5.73. The first-order valence-electron chi connectivity index (χ1n) is 10.4. The first-order valence-corrected chi connectivity index (χ1v) is 10.8. The van der Waals surface area contributed by atoms with Crippen LogP contribution >= 0.6 is 12.2 Å². The minimum atomic E-state index is -0.0793. The first kappa shape index (κ1) is 21.1. The molecule has 6 nitrogen and oxygen atoms in total. The number of hydrogen-bond donors (Lipinski definition) is 2. The quantitative estimate of drug-likeness (QED) is 0.575. The van der Waals surface area contributed by atoms with Gasteiger partial charge in [0, 0.05) is 43.8 Å². The number of carbonyl (C=O) groups excluding carboxylic acids is 1. The van der Waals surface area contributed by atoms with E-state index in [1.807, 2.05) is 69.6 Å². The summed E-state index contributed by atoms with van der Waals surface area (Å²) in [7, 11) is 2.03. The number of amides is 1. The maximum absolute atomic E-state index is 12.7. The number of anilines is 1. The molecule has 1 fully saturated rings. The predicted molar refractivity (Wildman–Crippen MR) is 127 cm³/mol. The van der Waals surface area contributed by atoms with Crippen molar-refractivity contribution < 1.29 is 4.79 Å². The van der Waals surface area contributed by atoms with Crippen LogP contribution in [0.25, 0.3) is 0 Å². The van der Waals surface area contributed by atoms with Crippen molar-refractivity contribution in [2.75, 3.05) is 11.9 Å². The van der Waals surface area contributed by atoms with Crippen LogP contribution in [0.3, 0.4) is 0 Å². The number of nitrogens with one attached hydrogen (secondary N) is 2. The fourth-order valence-corrected chi connectivity index (χ4v) is 4.39. The molecule has 0 spiro atoms. The Labute approximate surface area is 188 Å². The van der Waals surface area contributed by atoms with Gasteiger partial charge in [-0.15, -0.1) is 0 Å². The van der Waals surface area contributed by atoms with Gasteiger partial charge in [0.15, 0.2) is 5.11 Å². The number of pyridine rings is 1. The van der Waals surface area contributed by atoms with Gasteiger partial charge < -0.3 is 20.1 Å². The normalized spacial score (nSPS) is 18.2. The number of thiocarbonyl (C=S) groups is 1. The summed E-state index contributed by atoms with van der Waals surface area (Å²) in [5.74, 6) is -0.0246. The van der Waals surface area contributed by atoms with Crippen molar-refractivity contribution in [3.05, 3.63) is 83.4 Å². The average molecular weight is 434 g/mol. The Morgan fingerprint density at radius 2 is 2.03 bits per heavy atom. The molecule has 0 bridgehead atoms. The van der Waals surface area contributed by atoms with Crippen LogP contribution in [-0.2, 0) is 11.8 Å². The van der Waals surface area contributed by atoms with Crippen LogP contribution in [0, 0.1) is 13.8 Å². The highest BCUT2D eigenvalue weighted by Crippen LogP contribution is 2.38. The highest BCUT2D eigenvalue weighted by molar-refractivity contribution is 7.80. The number of carbonyl (C=O) groups is 1. The SMILES string of the molecule is Cc1ccc(C)c(NC(=O)CCN2C(=S)N[C@@H](c3ccccn3)[C@@H]2c2cccn2C)c1. The van der Waals surface area contributed by atoms with E-state index in [1.54, 1.807) is 6.20 Å². The molecular weight excluding hydrogens is 406 g/mol. The van der Waals surface area contributed by atoms with Crippen LogP contribution in [0.15, 0.2) is 60.9 Å². The molecule has 7 heteroatoms. The van der Waals surface area contributed by atoms with Gasteiger partial charge in [0.25, 0.3) is 0 Å². The maximum atomic E-state index is 12.7. The van der Waals surface area contributed by atoms with Gasteiger partial charge in [-0.05, 0) is 67.5 Å². The zero-order chi connectivity index (χ0) is 22.0. The minimum absolute atomic E-state index is 0.0246. The van der Waals surface area contributed by atoms with E-state index < -0.39 is 0 Å². The molecule has 1 aliphatic rings. The van der Waals surface area contributed by atoms with Gasteiger partial charge in [0.2, 0.25) is 5.91 Å². The summed E-state index contributed by atoms with van der Waals surface area (Å²) >= 11 is 5.68. The van der Waals surface area contributed by atoms with Crippen LogP contribution < -0.4 is 10.6 Å². The molecule has 160 valence electrons. The number of nitrogens with zero attached hydrogens (tertiary/aromatic N) is 3. The first-order chi connectivity index (χ1) is 14.9. The topological polar surface area (TPSA) is 62.2 Å². The standard InChI is InChI=1S/C24H27N5OS/c1-16-9-10-17(2)19(15-16)26-21(30)11-14-29-23(20-8-6-13-28(20)3)22(27-24(29)31)18-7-4-5-12-25-18/h4-10,12-13,15,22-23H,11,14H2,1-3H3,(H,26,30)(H,27,31)/t22-,23-/m0/s1. The highest BCUT2D eigenvalue weighted by Gasteiger charge is 2.40. The van der Waals surface area contributed by atoms with Crippen LogP contribution in [0.1, 0.15) is 41.0 Å². The van der Waals surface area contributed by atoms with Crippen molar-refractivity contribution in [3.63, 3.8) is 0 Å². The maximum Gasteiger partial charge on any atom is 0.226 e. The molecule has 1 aliphatic heterocycles. The Morgan fingerprint density at radius 1 is 1.19 bits per heavy atom. The molecule has 1 amide bonds. The van der Waals surface area contributed by atoms with Crippen molar-refractivity contribution in [2.24, 2.45) is 7.05 Å². The summed E-state index contributed by atoms with van der Waals surface area (Å²) in [6.07, 6.45) is 4.16. The van der Waals surface area contributed by atoms with E-state index in [1.165, 1.54) is 0 Å². The lowest BCUT2D eigenvalue weighted by Crippen LogP contribution is -2.33. The summed E-state index contributed by atoms with van der Waals surface area (Å²) in [4.78, 5) is 19.4. The summed E-state index contributed by atoms with van der Waals surface area (Å²) in [6.45, 7) is 4.53. The smallest absolute Gasteiger partial charge is 0.226 e. The molecule has 2 aromatic heterocycles. The number of rotatable bonds is 6. The number of aromatic nitrogens is 2. The van der Waals surface area contributed by atoms with E-state index in [-0.39, 0.29) is 18.0 Å². The van der Waals surface area contributed by atoms with E-state index in [9.17, 15) is 4.79 Å². The van der Waals surface area contributed by atoms with Gasteiger partial charge in [0.05, 0.1) is 17.8 Å². The fraction of sp³-hybridized carbons (Fsp3) is 0.292. The Hall–Kier alpha value is -3.19. The van der Waals surface area contributed by atoms with E-state index in [0.29, 0.717) is 18.1 Å². The Morgan fingerprint density at radius 3 is 2.74 bits per heavy atom. The summed E-state index contributed by atoms with van der Waals surface area (Å²) in [5.41, 5.74) is 5.08. The van der Waals surface area contributed by atoms with E-state index in [2.05, 4.69) is 31.2 Å². The second-order valence-electron chi connectivity index (χ2n) is 7.98. The van der Waals surface area contributed by atoms with Crippen molar-refractivity contribution in [2.45, 2.75) is 32.4 Å². The van der Waals surface area contributed by atoms with Gasteiger partial charge in [-0.25, -0.2) is 0 Å². The van der Waals surface area contributed by atoms with Crippen LogP contribution in [0.5, 0.6) is 0 Å². The number of aryl methyl sites for hydroxylation is 3. The monoisotopic (exact) mass is 433 g/mol. The summed E-state index contributed by atoms with van der Waals surface area (Å²) in [6, 6.07) is 16.0. The van der Waals surface area contributed by atoms with Crippen molar-refractivity contribution >= 4 is 28.9 Å². The lowest BCUT2D eigenvalue weighted by Gasteiger charge is -2.28. The number of hydrogen-bond acceptors (Lipinski definition) is 3. The van der Waals surface area contributed by atoms with Crippen molar-refractivity contribution in [1.82, 2.24) is 19.8 Å². The molecule has 2 atom stereocenters. The average Bonchev–Trinajstić information content (AvgIpc) is 3.32. The van der Waals surface area contributed by atoms with Crippen molar-refractivity contribution in [3.8, 4) is 0 Å². The van der Waals surface area contributed by atoms with Crippen LogP contribution in [-0.4, -0.2) is 32.0 Å². The molecule has 0 radical (unpaired) electrons. The molecule has 31 heavy (non-hydrogen) atoms. The van der Waals surface area contributed by atoms with E-state index in [4.69, 9.17) is 12.2 Å². The zero-order valence-electron chi connectivity index (χ0n) is 18.0. The van der Waals surface area contributed by atoms with E-state index in [0.717, 1.165) is 28.2 Å². The fourth-order valence-electron chi connectivity index (χ4n) is 4.05. The molecule has 0 aliphatic carbocycles. The second-order valence-corrected chi connectivity index (χ2v) is 8.37. The Balaban J connectivity index is 1.53. The summed E-state index contributed by atoms with van der Waals surface area (Å²) < 4.78 is 2.10. The lowest BCUT2D eigenvalue weighted by molar-refractivity contribution is -0.116. The van der Waals surface area contributed by atoms with Gasteiger partial charge in [-0.2, -0.15) is 0 Å². The molecular formula is C24H27N5OS. The molecule has 1 saturated heterocycles.